The first-order valence-electron chi connectivity index (χ1n) is 10.2. The second-order valence-corrected chi connectivity index (χ2v) is 7.99. The molecule has 4 N–H and O–H groups in total. The number of hydrazine groups is 1. The van der Waals surface area contributed by atoms with Gasteiger partial charge in [0.25, 0.3) is 0 Å². The standard InChI is InChI=1S/C23H25ClN4O2/c1-2-7-18-21-20(16(12-25)22(26)30-23(21)28-27-18)15-9-4-6-11-19(15)29-13-14-8-3-5-10-17(14)24/h3-6,8-11,18,20-21,23,27-28H,2,7,13,26H2,1H3. The van der Waals surface area contributed by atoms with E-state index in [4.69, 9.17) is 26.8 Å². The second kappa shape index (κ2) is 8.97. The maximum atomic E-state index is 9.90. The number of allylic oxidation sites excluding steroid dienone is 1. The number of fused-ring (bicyclic) bond motifs is 1. The molecular formula is C23H25ClN4O2. The predicted octanol–water partition coefficient (Wildman–Crippen LogP) is 3.95. The number of halogens is 1. The van der Waals surface area contributed by atoms with Gasteiger partial charge in [0.15, 0.2) is 6.23 Å². The zero-order chi connectivity index (χ0) is 21.1. The monoisotopic (exact) mass is 424 g/mol. The summed E-state index contributed by atoms with van der Waals surface area (Å²) >= 11 is 6.29. The summed E-state index contributed by atoms with van der Waals surface area (Å²) in [6.07, 6.45) is 1.66. The first kappa shape index (κ1) is 20.5. The maximum Gasteiger partial charge on any atom is 0.200 e. The quantitative estimate of drug-likeness (QED) is 0.650. The van der Waals surface area contributed by atoms with E-state index in [-0.39, 0.29) is 30.0 Å². The van der Waals surface area contributed by atoms with E-state index in [2.05, 4.69) is 23.8 Å². The SMILES string of the molecule is CCCC1NNC2OC(N)=C(C#N)C(c3ccccc3OCc3ccccc3Cl)C12. The fourth-order valence-corrected chi connectivity index (χ4v) is 4.55. The molecule has 2 aromatic carbocycles. The third-order valence-electron chi connectivity index (χ3n) is 5.76. The molecule has 0 radical (unpaired) electrons. The van der Waals surface area contributed by atoms with E-state index in [1.165, 1.54) is 0 Å². The Balaban J connectivity index is 1.71. The summed E-state index contributed by atoms with van der Waals surface area (Å²) in [5.41, 5.74) is 14.9. The molecule has 4 atom stereocenters. The van der Waals surface area contributed by atoms with Crippen molar-refractivity contribution in [2.45, 2.75) is 44.6 Å². The first-order valence-corrected chi connectivity index (χ1v) is 10.5. The number of nitrogens with zero attached hydrogens (tertiary/aromatic N) is 1. The van der Waals surface area contributed by atoms with Crippen LogP contribution in [0.15, 0.2) is 60.0 Å². The van der Waals surface area contributed by atoms with Gasteiger partial charge in [-0.25, -0.2) is 5.43 Å². The number of rotatable bonds is 6. The topological polar surface area (TPSA) is 92.3 Å². The third-order valence-corrected chi connectivity index (χ3v) is 6.12. The molecular weight excluding hydrogens is 400 g/mol. The minimum atomic E-state index is -0.305. The van der Waals surface area contributed by atoms with E-state index >= 15 is 0 Å². The molecule has 4 rings (SSSR count). The van der Waals surface area contributed by atoms with E-state index in [9.17, 15) is 5.26 Å². The lowest BCUT2D eigenvalue weighted by atomic mass is 9.74. The van der Waals surface area contributed by atoms with Crippen LogP contribution in [-0.4, -0.2) is 12.3 Å². The number of nitriles is 1. The molecule has 2 heterocycles. The summed E-state index contributed by atoms with van der Waals surface area (Å²) in [6, 6.07) is 17.9. The van der Waals surface area contributed by atoms with Crippen LogP contribution in [0.5, 0.6) is 5.75 Å². The molecule has 30 heavy (non-hydrogen) atoms. The molecule has 1 fully saturated rings. The average molecular weight is 425 g/mol. The van der Waals surface area contributed by atoms with Crippen LogP contribution in [0.1, 0.15) is 36.8 Å². The molecule has 1 saturated heterocycles. The molecule has 2 aliphatic rings. The zero-order valence-electron chi connectivity index (χ0n) is 16.8. The molecule has 0 bridgehead atoms. The average Bonchev–Trinajstić information content (AvgIpc) is 3.15. The van der Waals surface area contributed by atoms with Crippen LogP contribution >= 0.6 is 11.6 Å². The van der Waals surface area contributed by atoms with Gasteiger partial charge in [0.05, 0.1) is 5.57 Å². The number of nitrogens with two attached hydrogens (primary N) is 1. The number of nitrogens with one attached hydrogen (secondary N) is 2. The van der Waals surface area contributed by atoms with Gasteiger partial charge in [-0.05, 0) is 18.6 Å². The van der Waals surface area contributed by atoms with Crippen molar-refractivity contribution in [1.82, 2.24) is 10.9 Å². The fourth-order valence-electron chi connectivity index (χ4n) is 4.36. The highest BCUT2D eigenvalue weighted by atomic mass is 35.5. The van der Waals surface area contributed by atoms with Gasteiger partial charge in [-0.1, -0.05) is 61.3 Å². The van der Waals surface area contributed by atoms with Crippen molar-refractivity contribution in [2.75, 3.05) is 0 Å². The number of para-hydroxylation sites is 1. The normalized spacial score (nSPS) is 25.4. The Morgan fingerprint density at radius 2 is 1.93 bits per heavy atom. The lowest BCUT2D eigenvalue weighted by molar-refractivity contribution is 0.0332. The highest BCUT2D eigenvalue weighted by molar-refractivity contribution is 6.31. The van der Waals surface area contributed by atoms with E-state index in [0.717, 1.165) is 24.0 Å². The Morgan fingerprint density at radius 1 is 1.17 bits per heavy atom. The van der Waals surface area contributed by atoms with Gasteiger partial charge in [0.2, 0.25) is 5.88 Å². The van der Waals surface area contributed by atoms with Crippen molar-refractivity contribution in [3.8, 4) is 11.8 Å². The van der Waals surface area contributed by atoms with Crippen LogP contribution in [0.25, 0.3) is 0 Å². The van der Waals surface area contributed by atoms with Crippen LogP contribution in [0, 0.1) is 17.2 Å². The van der Waals surface area contributed by atoms with E-state index in [1.54, 1.807) is 0 Å². The van der Waals surface area contributed by atoms with Gasteiger partial charge in [0, 0.05) is 34.0 Å². The minimum Gasteiger partial charge on any atom is -0.489 e. The summed E-state index contributed by atoms with van der Waals surface area (Å²) in [5, 5.41) is 10.6. The molecule has 0 aliphatic carbocycles. The molecule has 4 unspecified atom stereocenters. The Morgan fingerprint density at radius 3 is 2.70 bits per heavy atom. The Kier molecular flexibility index (Phi) is 6.14. The summed E-state index contributed by atoms with van der Waals surface area (Å²) in [4.78, 5) is 0. The summed E-state index contributed by atoms with van der Waals surface area (Å²) in [7, 11) is 0. The first-order chi connectivity index (χ1) is 14.6. The highest BCUT2D eigenvalue weighted by Crippen LogP contribution is 2.46. The van der Waals surface area contributed by atoms with Gasteiger partial charge in [-0.3, -0.25) is 5.43 Å². The van der Waals surface area contributed by atoms with Crippen molar-refractivity contribution in [2.24, 2.45) is 11.7 Å². The van der Waals surface area contributed by atoms with E-state index in [1.807, 2.05) is 48.5 Å². The summed E-state index contributed by atoms with van der Waals surface area (Å²) in [6.45, 7) is 2.48. The van der Waals surface area contributed by atoms with Crippen molar-refractivity contribution in [3.63, 3.8) is 0 Å². The molecule has 2 aromatic rings. The van der Waals surface area contributed by atoms with Crippen LogP contribution in [-0.2, 0) is 11.3 Å². The molecule has 0 amide bonds. The lowest BCUT2D eigenvalue weighted by Gasteiger charge is -2.36. The summed E-state index contributed by atoms with van der Waals surface area (Å²) < 4.78 is 12.0. The van der Waals surface area contributed by atoms with Gasteiger partial charge in [-0.2, -0.15) is 5.26 Å². The lowest BCUT2D eigenvalue weighted by Crippen LogP contribution is -2.41. The van der Waals surface area contributed by atoms with Gasteiger partial charge in [0.1, 0.15) is 18.4 Å². The summed E-state index contributed by atoms with van der Waals surface area (Å²) in [5.74, 6) is 0.647. The van der Waals surface area contributed by atoms with Crippen molar-refractivity contribution in [3.05, 3.63) is 76.1 Å². The predicted molar refractivity (Wildman–Crippen MR) is 115 cm³/mol. The molecule has 2 aliphatic heterocycles. The van der Waals surface area contributed by atoms with Crippen molar-refractivity contribution >= 4 is 11.6 Å². The molecule has 0 aromatic heterocycles. The van der Waals surface area contributed by atoms with Crippen LogP contribution in [0.4, 0.5) is 0 Å². The van der Waals surface area contributed by atoms with Crippen LogP contribution in [0.3, 0.4) is 0 Å². The number of hydrogen-bond acceptors (Lipinski definition) is 6. The van der Waals surface area contributed by atoms with E-state index < -0.39 is 0 Å². The van der Waals surface area contributed by atoms with Crippen LogP contribution in [0.2, 0.25) is 5.02 Å². The molecule has 0 saturated carbocycles. The molecule has 0 spiro atoms. The van der Waals surface area contributed by atoms with Crippen molar-refractivity contribution < 1.29 is 9.47 Å². The number of ether oxygens (including phenoxy) is 2. The molecule has 6 nitrogen and oxygen atoms in total. The smallest absolute Gasteiger partial charge is 0.200 e. The highest BCUT2D eigenvalue weighted by Gasteiger charge is 2.48. The van der Waals surface area contributed by atoms with E-state index in [0.29, 0.717) is 23.0 Å². The molecule has 156 valence electrons. The second-order valence-electron chi connectivity index (χ2n) is 7.58. The number of benzene rings is 2. The van der Waals surface area contributed by atoms with Crippen molar-refractivity contribution in [1.29, 1.82) is 5.26 Å². The van der Waals surface area contributed by atoms with Gasteiger partial charge >= 0.3 is 0 Å². The third kappa shape index (κ3) is 3.84. The van der Waals surface area contributed by atoms with Gasteiger partial charge in [-0.15, -0.1) is 0 Å². The van der Waals surface area contributed by atoms with Gasteiger partial charge < -0.3 is 15.2 Å². The fraction of sp³-hybridized carbons (Fsp3) is 0.348. The maximum absolute atomic E-state index is 9.90. The Labute approximate surface area is 181 Å². The van der Waals surface area contributed by atoms with Crippen LogP contribution < -0.4 is 21.3 Å². The Hall–Kier alpha value is -2.72. The minimum absolute atomic E-state index is 0.0111. The molecule has 7 heteroatoms. The largest absolute Gasteiger partial charge is 0.489 e. The Bertz CT molecular complexity index is 987. The number of hydrogen-bond donors (Lipinski definition) is 3. The zero-order valence-corrected chi connectivity index (χ0v) is 17.5.